The first-order valence-electron chi connectivity index (χ1n) is 7.08. The minimum Gasteiger partial charge on any atom is -0.481 e. The van der Waals surface area contributed by atoms with Gasteiger partial charge in [0, 0.05) is 6.04 Å². The molecule has 116 valence electrons. The number of benzene rings is 1. The zero-order chi connectivity index (χ0) is 16.0. The van der Waals surface area contributed by atoms with Crippen molar-refractivity contribution in [3.05, 3.63) is 29.8 Å². The van der Waals surface area contributed by atoms with Gasteiger partial charge in [-0.15, -0.1) is 0 Å². The number of carbonyl (C=O) groups excluding carboxylic acids is 1. The highest BCUT2D eigenvalue weighted by molar-refractivity contribution is 5.81. The molecule has 0 spiro atoms. The number of carboxylic acid groups (broad SMARTS) is 1. The van der Waals surface area contributed by atoms with Crippen LogP contribution in [0.15, 0.2) is 24.3 Å². The largest absolute Gasteiger partial charge is 0.481 e. The highest BCUT2D eigenvalue weighted by Gasteiger charge is 2.18. The molecule has 1 amide bonds. The fourth-order valence-electron chi connectivity index (χ4n) is 1.88. The second kappa shape index (κ2) is 7.67. The van der Waals surface area contributed by atoms with Crippen LogP contribution in [0.25, 0.3) is 0 Å². The molecule has 0 bridgehead atoms. The van der Waals surface area contributed by atoms with Crippen molar-refractivity contribution < 1.29 is 19.4 Å². The lowest BCUT2D eigenvalue weighted by Gasteiger charge is -2.18. The van der Waals surface area contributed by atoms with Crippen LogP contribution in [-0.4, -0.2) is 29.1 Å². The lowest BCUT2D eigenvalue weighted by molar-refractivity contribution is -0.137. The lowest BCUT2D eigenvalue weighted by atomic mass is 10.0. The van der Waals surface area contributed by atoms with E-state index in [1.165, 1.54) is 0 Å². The summed E-state index contributed by atoms with van der Waals surface area (Å²) < 4.78 is 5.61. The van der Waals surface area contributed by atoms with Gasteiger partial charge in [-0.05, 0) is 37.5 Å². The van der Waals surface area contributed by atoms with E-state index in [4.69, 9.17) is 9.84 Å². The highest BCUT2D eigenvalue weighted by Crippen LogP contribution is 2.21. The molecule has 0 saturated heterocycles. The molecule has 0 saturated carbocycles. The fraction of sp³-hybridized carbons (Fsp3) is 0.500. The van der Waals surface area contributed by atoms with Crippen LogP contribution in [0.4, 0.5) is 0 Å². The van der Waals surface area contributed by atoms with Gasteiger partial charge in [0.25, 0.3) is 5.91 Å². The normalized spacial score (nSPS) is 13.6. The van der Waals surface area contributed by atoms with Gasteiger partial charge in [0.2, 0.25) is 0 Å². The van der Waals surface area contributed by atoms with Crippen molar-refractivity contribution in [2.24, 2.45) is 0 Å². The Kier molecular flexibility index (Phi) is 6.21. The maximum absolute atomic E-state index is 11.9. The predicted octanol–water partition coefficient (Wildman–Crippen LogP) is 2.56. The van der Waals surface area contributed by atoms with E-state index in [0.29, 0.717) is 11.7 Å². The number of amides is 1. The van der Waals surface area contributed by atoms with Crippen molar-refractivity contribution in [3.8, 4) is 5.75 Å². The van der Waals surface area contributed by atoms with E-state index in [2.05, 4.69) is 19.2 Å². The lowest BCUT2D eigenvalue weighted by Crippen LogP contribution is -2.42. The highest BCUT2D eigenvalue weighted by atomic mass is 16.5. The molecule has 0 aliphatic carbocycles. The van der Waals surface area contributed by atoms with E-state index in [-0.39, 0.29) is 12.3 Å². The summed E-state index contributed by atoms with van der Waals surface area (Å²) in [6.45, 7) is 7.47. The number of aliphatic carboxylic acids is 1. The zero-order valence-corrected chi connectivity index (χ0v) is 12.9. The second-order valence-electron chi connectivity index (χ2n) is 5.49. The Labute approximate surface area is 125 Å². The second-order valence-corrected chi connectivity index (χ2v) is 5.49. The summed E-state index contributed by atoms with van der Waals surface area (Å²) in [7, 11) is 0. The molecule has 2 atom stereocenters. The smallest absolute Gasteiger partial charge is 0.305 e. The molecular weight excluding hydrogens is 270 g/mol. The molecule has 2 unspecified atom stereocenters. The first-order valence-corrected chi connectivity index (χ1v) is 7.08. The molecule has 0 aromatic heterocycles. The van der Waals surface area contributed by atoms with E-state index in [1.807, 2.05) is 18.2 Å². The summed E-state index contributed by atoms with van der Waals surface area (Å²) >= 11 is 0. The Hall–Kier alpha value is -2.04. The molecule has 0 fully saturated rings. The first-order chi connectivity index (χ1) is 9.79. The first kappa shape index (κ1) is 17.0. The van der Waals surface area contributed by atoms with Crippen LogP contribution >= 0.6 is 0 Å². The molecule has 1 aromatic carbocycles. The molecular formula is C16H23NO4. The van der Waals surface area contributed by atoms with Crippen LogP contribution in [0.1, 0.15) is 45.6 Å². The Balaban J connectivity index is 2.59. The molecule has 1 aromatic rings. The van der Waals surface area contributed by atoms with Crippen LogP contribution in [-0.2, 0) is 9.59 Å². The minimum absolute atomic E-state index is 0.110. The van der Waals surface area contributed by atoms with Crippen LogP contribution in [0, 0.1) is 0 Å². The Morgan fingerprint density at radius 1 is 1.24 bits per heavy atom. The number of nitrogens with one attached hydrogen (secondary N) is 1. The molecule has 21 heavy (non-hydrogen) atoms. The summed E-state index contributed by atoms with van der Waals surface area (Å²) in [5.41, 5.74) is 1.14. The molecule has 5 heteroatoms. The summed E-state index contributed by atoms with van der Waals surface area (Å²) in [6, 6.07) is 7.19. The number of ether oxygens (including phenoxy) is 1. The van der Waals surface area contributed by atoms with Gasteiger partial charge < -0.3 is 15.2 Å². The molecule has 1 rings (SSSR count). The average Bonchev–Trinajstić information content (AvgIpc) is 2.37. The summed E-state index contributed by atoms with van der Waals surface area (Å²) in [4.78, 5) is 22.5. The van der Waals surface area contributed by atoms with Crippen molar-refractivity contribution in [2.45, 2.75) is 52.2 Å². The van der Waals surface area contributed by atoms with E-state index in [1.54, 1.807) is 19.9 Å². The van der Waals surface area contributed by atoms with E-state index in [9.17, 15) is 9.59 Å². The van der Waals surface area contributed by atoms with Crippen LogP contribution in [0.2, 0.25) is 0 Å². The molecule has 0 aliphatic rings. The topological polar surface area (TPSA) is 75.6 Å². The van der Waals surface area contributed by atoms with Gasteiger partial charge >= 0.3 is 5.97 Å². The molecule has 2 N–H and O–H groups in total. The zero-order valence-electron chi connectivity index (χ0n) is 12.9. The number of carboxylic acids is 1. The van der Waals surface area contributed by atoms with Gasteiger partial charge in [0.15, 0.2) is 6.10 Å². The third kappa shape index (κ3) is 5.85. The van der Waals surface area contributed by atoms with Crippen molar-refractivity contribution in [3.63, 3.8) is 0 Å². The third-order valence-electron chi connectivity index (χ3n) is 3.08. The van der Waals surface area contributed by atoms with Gasteiger partial charge in [-0.1, -0.05) is 26.0 Å². The van der Waals surface area contributed by atoms with E-state index < -0.39 is 18.1 Å². The summed E-state index contributed by atoms with van der Waals surface area (Å²) in [6.07, 6.45) is -0.787. The Morgan fingerprint density at radius 3 is 2.48 bits per heavy atom. The maximum atomic E-state index is 11.9. The Bertz CT molecular complexity index is 499. The average molecular weight is 293 g/mol. The number of hydrogen-bond acceptors (Lipinski definition) is 3. The number of carbonyl (C=O) groups is 2. The van der Waals surface area contributed by atoms with Crippen molar-refractivity contribution in [1.82, 2.24) is 5.32 Å². The van der Waals surface area contributed by atoms with Gasteiger partial charge in [0.1, 0.15) is 5.75 Å². The Morgan fingerprint density at radius 2 is 1.90 bits per heavy atom. The standard InChI is InChI=1S/C16H23NO4/c1-10(2)13-6-5-7-14(9-13)21-12(4)16(20)17-11(3)8-15(18)19/h5-7,9-12H,8H2,1-4H3,(H,17,20)(H,18,19). The molecule has 5 nitrogen and oxygen atoms in total. The fourth-order valence-corrected chi connectivity index (χ4v) is 1.88. The molecule has 0 radical (unpaired) electrons. The summed E-state index contributed by atoms with van der Waals surface area (Å²) in [5, 5.41) is 11.3. The molecule has 0 aliphatic heterocycles. The predicted molar refractivity (Wildman–Crippen MR) is 80.5 cm³/mol. The van der Waals surface area contributed by atoms with Gasteiger partial charge in [-0.25, -0.2) is 0 Å². The van der Waals surface area contributed by atoms with Gasteiger partial charge in [-0.2, -0.15) is 0 Å². The van der Waals surface area contributed by atoms with Gasteiger partial charge in [0.05, 0.1) is 6.42 Å². The third-order valence-corrected chi connectivity index (χ3v) is 3.08. The summed E-state index contributed by atoms with van der Waals surface area (Å²) in [5.74, 6) is -0.247. The van der Waals surface area contributed by atoms with Crippen LogP contribution < -0.4 is 10.1 Å². The van der Waals surface area contributed by atoms with Crippen molar-refractivity contribution in [1.29, 1.82) is 0 Å². The maximum Gasteiger partial charge on any atom is 0.305 e. The number of rotatable bonds is 7. The van der Waals surface area contributed by atoms with E-state index in [0.717, 1.165) is 5.56 Å². The van der Waals surface area contributed by atoms with Crippen molar-refractivity contribution >= 4 is 11.9 Å². The molecule has 0 heterocycles. The quantitative estimate of drug-likeness (QED) is 0.810. The minimum atomic E-state index is -0.944. The van der Waals surface area contributed by atoms with Crippen molar-refractivity contribution in [2.75, 3.05) is 0 Å². The van der Waals surface area contributed by atoms with Crippen LogP contribution in [0.5, 0.6) is 5.75 Å². The van der Waals surface area contributed by atoms with Gasteiger partial charge in [-0.3, -0.25) is 9.59 Å². The van der Waals surface area contributed by atoms with Crippen LogP contribution in [0.3, 0.4) is 0 Å². The van der Waals surface area contributed by atoms with E-state index >= 15 is 0 Å². The SMILES string of the molecule is CC(CC(=O)O)NC(=O)C(C)Oc1cccc(C(C)C)c1. The number of hydrogen-bond donors (Lipinski definition) is 2. The monoisotopic (exact) mass is 293 g/mol.